The van der Waals surface area contributed by atoms with Crippen molar-refractivity contribution in [3.05, 3.63) is 71.3 Å². The van der Waals surface area contributed by atoms with Crippen LogP contribution in [0.4, 0.5) is 0 Å². The Hall–Kier alpha value is -2.66. The van der Waals surface area contributed by atoms with Crippen LogP contribution in [0.1, 0.15) is 36.6 Å². The summed E-state index contributed by atoms with van der Waals surface area (Å²) in [7, 11) is 0. The summed E-state index contributed by atoms with van der Waals surface area (Å²) in [6.45, 7) is 6.39. The summed E-state index contributed by atoms with van der Waals surface area (Å²) in [5.74, 6) is -2.24. The van der Waals surface area contributed by atoms with Crippen LogP contribution in [0, 0.1) is 12.8 Å². The summed E-state index contributed by atoms with van der Waals surface area (Å²) in [6.07, 6.45) is 0. The highest BCUT2D eigenvalue weighted by Gasteiger charge is 2.38. The lowest BCUT2D eigenvalue weighted by atomic mass is 9.92. The smallest absolute Gasteiger partial charge is 0.322 e. The van der Waals surface area contributed by atoms with Gasteiger partial charge in [0.05, 0.1) is 19.3 Å². The molecule has 27 heavy (non-hydrogen) atoms. The van der Waals surface area contributed by atoms with Gasteiger partial charge in [-0.3, -0.25) is 9.59 Å². The molecule has 2 aromatic rings. The van der Waals surface area contributed by atoms with E-state index in [-0.39, 0.29) is 13.2 Å². The van der Waals surface area contributed by atoms with Crippen molar-refractivity contribution in [2.24, 2.45) is 5.92 Å². The van der Waals surface area contributed by atoms with E-state index in [1.54, 1.807) is 13.8 Å². The maximum absolute atomic E-state index is 12.6. The van der Waals surface area contributed by atoms with Gasteiger partial charge in [0, 0.05) is 6.54 Å². The minimum absolute atomic E-state index is 0.202. The Labute approximate surface area is 160 Å². The lowest BCUT2D eigenvalue weighted by Crippen LogP contribution is -2.40. The van der Waals surface area contributed by atoms with Crippen LogP contribution in [-0.4, -0.2) is 25.2 Å². The molecule has 0 aliphatic heterocycles. The zero-order valence-corrected chi connectivity index (χ0v) is 16.1. The quantitative estimate of drug-likeness (QED) is 0.541. The van der Waals surface area contributed by atoms with Gasteiger partial charge in [0.15, 0.2) is 5.92 Å². The molecule has 0 aliphatic carbocycles. The number of hydrogen-bond acceptors (Lipinski definition) is 5. The van der Waals surface area contributed by atoms with Crippen LogP contribution >= 0.6 is 0 Å². The zero-order valence-electron chi connectivity index (χ0n) is 16.1. The summed E-state index contributed by atoms with van der Waals surface area (Å²) >= 11 is 0. The molecule has 0 amide bonds. The molecule has 0 radical (unpaired) electrons. The standard InChI is InChI=1S/C22H27NO4/c1-4-26-21(24)19(22(25)27-5-2)20(17-12-7-6-8-13-17)23-15-18-14-10-9-11-16(18)3/h6-14,19-20,23H,4-5,15H2,1-3H3. The average Bonchev–Trinajstić information content (AvgIpc) is 2.67. The number of aryl methyl sites for hydroxylation is 1. The molecule has 2 rings (SSSR count). The lowest BCUT2D eigenvalue weighted by Gasteiger charge is -2.26. The molecule has 144 valence electrons. The van der Waals surface area contributed by atoms with E-state index >= 15 is 0 Å². The van der Waals surface area contributed by atoms with E-state index in [2.05, 4.69) is 5.32 Å². The molecule has 0 bridgehead atoms. The van der Waals surface area contributed by atoms with Crippen LogP contribution in [-0.2, 0) is 25.6 Å². The predicted molar refractivity (Wildman–Crippen MR) is 104 cm³/mol. The van der Waals surface area contributed by atoms with E-state index in [1.807, 2.05) is 61.5 Å². The first-order valence-electron chi connectivity index (χ1n) is 9.24. The van der Waals surface area contributed by atoms with Crippen LogP contribution in [0.3, 0.4) is 0 Å². The van der Waals surface area contributed by atoms with Gasteiger partial charge >= 0.3 is 11.9 Å². The van der Waals surface area contributed by atoms with Crippen LogP contribution in [0.25, 0.3) is 0 Å². The van der Waals surface area contributed by atoms with Crippen molar-refractivity contribution in [2.75, 3.05) is 13.2 Å². The lowest BCUT2D eigenvalue weighted by molar-refractivity contribution is -0.163. The largest absolute Gasteiger partial charge is 0.465 e. The van der Waals surface area contributed by atoms with Crippen molar-refractivity contribution >= 4 is 11.9 Å². The Morgan fingerprint density at radius 3 is 2.00 bits per heavy atom. The second-order valence-electron chi connectivity index (χ2n) is 6.18. The third-order valence-corrected chi connectivity index (χ3v) is 4.35. The molecule has 0 spiro atoms. The molecule has 0 aliphatic rings. The third-order valence-electron chi connectivity index (χ3n) is 4.35. The van der Waals surface area contributed by atoms with Gasteiger partial charge < -0.3 is 14.8 Å². The summed E-state index contributed by atoms with van der Waals surface area (Å²) in [5, 5.41) is 3.37. The molecule has 1 N–H and O–H groups in total. The van der Waals surface area contributed by atoms with Crippen molar-refractivity contribution in [2.45, 2.75) is 33.4 Å². The van der Waals surface area contributed by atoms with Gasteiger partial charge in [-0.1, -0.05) is 54.6 Å². The first kappa shape index (κ1) is 20.6. The fraction of sp³-hybridized carbons (Fsp3) is 0.364. The van der Waals surface area contributed by atoms with E-state index in [0.717, 1.165) is 16.7 Å². The molecular formula is C22H27NO4. The minimum Gasteiger partial charge on any atom is -0.465 e. The molecular weight excluding hydrogens is 342 g/mol. The van der Waals surface area contributed by atoms with Crippen molar-refractivity contribution in [3.8, 4) is 0 Å². The monoisotopic (exact) mass is 369 g/mol. The molecule has 5 nitrogen and oxygen atoms in total. The number of carbonyl (C=O) groups is 2. The Morgan fingerprint density at radius 2 is 1.44 bits per heavy atom. The van der Waals surface area contributed by atoms with Gasteiger partial charge in [0.1, 0.15) is 0 Å². The first-order chi connectivity index (χ1) is 13.1. The highest BCUT2D eigenvalue weighted by Crippen LogP contribution is 2.26. The maximum Gasteiger partial charge on any atom is 0.322 e. The van der Waals surface area contributed by atoms with E-state index in [0.29, 0.717) is 6.54 Å². The van der Waals surface area contributed by atoms with Gasteiger partial charge in [-0.05, 0) is 37.5 Å². The fourth-order valence-corrected chi connectivity index (χ4v) is 2.95. The van der Waals surface area contributed by atoms with Crippen LogP contribution in [0.2, 0.25) is 0 Å². The van der Waals surface area contributed by atoms with E-state index in [1.165, 1.54) is 0 Å². The summed E-state index contributed by atoms with van der Waals surface area (Å²) in [6, 6.07) is 16.9. The fourth-order valence-electron chi connectivity index (χ4n) is 2.95. The van der Waals surface area contributed by atoms with Crippen molar-refractivity contribution < 1.29 is 19.1 Å². The second kappa shape index (κ2) is 10.5. The molecule has 1 unspecified atom stereocenters. The van der Waals surface area contributed by atoms with Gasteiger partial charge in [-0.25, -0.2) is 0 Å². The van der Waals surface area contributed by atoms with E-state index in [9.17, 15) is 9.59 Å². The Kier molecular flexibility index (Phi) is 8.01. The highest BCUT2D eigenvalue weighted by molar-refractivity contribution is 5.96. The molecule has 1 atom stereocenters. The summed E-state index contributed by atoms with van der Waals surface area (Å²) < 4.78 is 10.3. The van der Waals surface area contributed by atoms with Crippen LogP contribution in [0.5, 0.6) is 0 Å². The Balaban J connectivity index is 2.34. The van der Waals surface area contributed by atoms with E-state index in [4.69, 9.17) is 9.47 Å². The average molecular weight is 369 g/mol. The molecule has 0 saturated carbocycles. The van der Waals surface area contributed by atoms with Crippen molar-refractivity contribution in [1.82, 2.24) is 5.32 Å². The third kappa shape index (κ3) is 5.66. The number of carbonyl (C=O) groups excluding carboxylic acids is 2. The second-order valence-corrected chi connectivity index (χ2v) is 6.18. The van der Waals surface area contributed by atoms with Gasteiger partial charge in [0.25, 0.3) is 0 Å². The predicted octanol–water partition coefficient (Wildman–Crippen LogP) is 3.57. The van der Waals surface area contributed by atoms with Crippen molar-refractivity contribution in [1.29, 1.82) is 0 Å². The number of esters is 2. The molecule has 5 heteroatoms. The molecule has 0 heterocycles. The van der Waals surface area contributed by atoms with Crippen molar-refractivity contribution in [3.63, 3.8) is 0 Å². The highest BCUT2D eigenvalue weighted by atomic mass is 16.6. The topological polar surface area (TPSA) is 64.6 Å². The van der Waals surface area contributed by atoms with Gasteiger partial charge in [-0.2, -0.15) is 0 Å². The first-order valence-corrected chi connectivity index (χ1v) is 9.24. The summed E-state index contributed by atoms with van der Waals surface area (Å²) in [5.41, 5.74) is 3.07. The normalized spacial score (nSPS) is 11.9. The number of ether oxygens (including phenoxy) is 2. The molecule has 0 fully saturated rings. The molecule has 0 saturated heterocycles. The number of nitrogens with one attached hydrogen (secondary N) is 1. The number of rotatable bonds is 9. The van der Waals surface area contributed by atoms with E-state index < -0.39 is 23.9 Å². The molecule has 0 aromatic heterocycles. The number of hydrogen-bond donors (Lipinski definition) is 1. The Bertz CT molecular complexity index is 727. The van der Waals surface area contributed by atoms with Crippen LogP contribution in [0.15, 0.2) is 54.6 Å². The van der Waals surface area contributed by atoms with Gasteiger partial charge in [-0.15, -0.1) is 0 Å². The maximum atomic E-state index is 12.6. The molecule has 2 aromatic carbocycles. The summed E-state index contributed by atoms with van der Waals surface area (Å²) in [4.78, 5) is 25.2. The number of benzene rings is 2. The van der Waals surface area contributed by atoms with Crippen LogP contribution < -0.4 is 5.32 Å². The minimum atomic E-state index is -1.07. The zero-order chi connectivity index (χ0) is 19.6. The van der Waals surface area contributed by atoms with Gasteiger partial charge in [0.2, 0.25) is 0 Å². The SMILES string of the molecule is CCOC(=O)C(C(=O)OCC)C(NCc1ccccc1C)c1ccccc1. The Morgan fingerprint density at radius 1 is 0.889 bits per heavy atom.